The van der Waals surface area contributed by atoms with Crippen LogP contribution < -0.4 is 4.74 Å². The molecule has 2 aliphatic rings. The van der Waals surface area contributed by atoms with E-state index in [0.29, 0.717) is 36.2 Å². The number of rotatable bonds is 8. The molecule has 2 aliphatic heterocycles. The molecule has 4 nitrogen and oxygen atoms in total. The van der Waals surface area contributed by atoms with E-state index in [1.54, 1.807) is 11.0 Å². The Bertz CT molecular complexity index is 1260. The Balaban J connectivity index is 1.48. The molecule has 1 saturated heterocycles. The number of benzene rings is 2. The summed E-state index contributed by atoms with van der Waals surface area (Å²) in [5.41, 5.74) is 0.301. The lowest BCUT2D eigenvalue weighted by atomic mass is 9.87. The fraction of sp³-hybridized carbons (Fsp3) is 0.517. The summed E-state index contributed by atoms with van der Waals surface area (Å²) in [5.74, 6) is -1.03. The molecular formula is C29H35F4N3O. The summed E-state index contributed by atoms with van der Waals surface area (Å²) in [5, 5.41) is 0.683. The van der Waals surface area contributed by atoms with Gasteiger partial charge in [-0.05, 0) is 56.9 Å². The van der Waals surface area contributed by atoms with Gasteiger partial charge in [0, 0.05) is 66.5 Å². The first kappa shape index (κ1) is 26.0. The van der Waals surface area contributed by atoms with Crippen LogP contribution in [0.2, 0.25) is 0 Å². The molecule has 0 saturated carbocycles. The van der Waals surface area contributed by atoms with Gasteiger partial charge in [0.05, 0.1) is 6.04 Å². The van der Waals surface area contributed by atoms with Gasteiger partial charge < -0.3 is 9.72 Å². The van der Waals surface area contributed by atoms with Crippen molar-refractivity contribution in [3.05, 3.63) is 64.6 Å². The second-order valence-electron chi connectivity index (χ2n) is 11.2. The molecule has 1 N–H and O–H groups in total. The zero-order valence-electron chi connectivity index (χ0n) is 21.9. The average molecular weight is 518 g/mol. The number of nitrogens with zero attached hydrogens (tertiary/aromatic N) is 2. The van der Waals surface area contributed by atoms with Gasteiger partial charge in [-0.25, -0.2) is 17.6 Å². The Morgan fingerprint density at radius 2 is 1.78 bits per heavy atom. The van der Waals surface area contributed by atoms with E-state index >= 15 is 8.78 Å². The summed E-state index contributed by atoms with van der Waals surface area (Å²) in [6, 6.07) is 5.71. The maximum Gasteiger partial charge on any atom is 0.135 e. The summed E-state index contributed by atoms with van der Waals surface area (Å²) in [4.78, 5) is 7.32. The number of halogens is 4. The molecule has 3 aromatic rings. The predicted molar refractivity (Wildman–Crippen MR) is 137 cm³/mol. The number of aromatic nitrogens is 1. The first-order valence-electron chi connectivity index (χ1n) is 13.1. The van der Waals surface area contributed by atoms with Gasteiger partial charge in [-0.2, -0.15) is 0 Å². The number of nitrogens with one attached hydrogen (secondary N) is 1. The minimum Gasteiger partial charge on any atom is -0.492 e. The van der Waals surface area contributed by atoms with Crippen molar-refractivity contribution in [3.8, 4) is 5.75 Å². The quantitative estimate of drug-likeness (QED) is 0.352. The monoisotopic (exact) mass is 517 g/mol. The molecule has 37 heavy (non-hydrogen) atoms. The SMILES string of the molecule is CCC1CN(CCOc2cc(F)c(C3c4[nH]c5ccc(F)cc5c4C[C@@H](C)N3CC(C)(C)F)c(F)c2)C1. The molecule has 200 valence electrons. The third-order valence-corrected chi connectivity index (χ3v) is 7.74. The van der Waals surface area contributed by atoms with Crippen LogP contribution in [-0.2, 0) is 6.42 Å². The zero-order chi connectivity index (χ0) is 26.5. The highest BCUT2D eigenvalue weighted by Crippen LogP contribution is 2.44. The van der Waals surface area contributed by atoms with Crippen LogP contribution >= 0.6 is 0 Å². The van der Waals surface area contributed by atoms with Gasteiger partial charge in [0.1, 0.15) is 35.5 Å². The number of likely N-dealkylation sites (tertiary alicyclic amines) is 1. The van der Waals surface area contributed by atoms with Crippen molar-refractivity contribution in [1.82, 2.24) is 14.8 Å². The average Bonchev–Trinajstić information content (AvgIpc) is 3.13. The van der Waals surface area contributed by atoms with Crippen LogP contribution in [0.25, 0.3) is 10.9 Å². The van der Waals surface area contributed by atoms with Crippen molar-refractivity contribution in [2.45, 2.75) is 58.3 Å². The fourth-order valence-electron chi connectivity index (χ4n) is 5.83. The molecule has 1 fully saturated rings. The van der Waals surface area contributed by atoms with Gasteiger partial charge in [0.2, 0.25) is 0 Å². The van der Waals surface area contributed by atoms with E-state index in [1.807, 2.05) is 6.92 Å². The Labute approximate surface area is 215 Å². The van der Waals surface area contributed by atoms with Crippen LogP contribution in [0.5, 0.6) is 5.75 Å². The third kappa shape index (κ3) is 5.23. The van der Waals surface area contributed by atoms with Crippen LogP contribution in [0.15, 0.2) is 30.3 Å². The van der Waals surface area contributed by atoms with Crippen molar-refractivity contribution in [2.24, 2.45) is 5.92 Å². The van der Waals surface area contributed by atoms with Gasteiger partial charge in [-0.15, -0.1) is 0 Å². The number of alkyl halides is 1. The zero-order valence-corrected chi connectivity index (χ0v) is 21.9. The smallest absolute Gasteiger partial charge is 0.135 e. The lowest BCUT2D eigenvalue weighted by molar-refractivity contribution is 0.0641. The summed E-state index contributed by atoms with van der Waals surface area (Å²) in [7, 11) is 0. The first-order valence-corrected chi connectivity index (χ1v) is 13.1. The van der Waals surface area contributed by atoms with Crippen LogP contribution in [0, 0.1) is 23.4 Å². The highest BCUT2D eigenvalue weighted by Gasteiger charge is 2.41. The minimum absolute atomic E-state index is 0.0201. The van der Waals surface area contributed by atoms with Crippen LogP contribution in [0.1, 0.15) is 57.0 Å². The van der Waals surface area contributed by atoms with Gasteiger partial charge in [0.15, 0.2) is 0 Å². The highest BCUT2D eigenvalue weighted by molar-refractivity contribution is 5.85. The molecule has 0 aliphatic carbocycles. The van der Waals surface area contributed by atoms with Crippen LogP contribution in [0.3, 0.4) is 0 Å². The molecular weight excluding hydrogens is 482 g/mol. The molecule has 0 bridgehead atoms. The lowest BCUT2D eigenvalue weighted by Crippen LogP contribution is -2.48. The third-order valence-electron chi connectivity index (χ3n) is 7.74. The summed E-state index contributed by atoms with van der Waals surface area (Å²) in [6.07, 6.45) is 1.66. The Morgan fingerprint density at radius 3 is 2.43 bits per heavy atom. The second kappa shape index (κ2) is 9.95. The maximum atomic E-state index is 15.7. The molecule has 2 aromatic carbocycles. The minimum atomic E-state index is -1.59. The Hall–Kier alpha value is -2.58. The van der Waals surface area contributed by atoms with E-state index in [2.05, 4.69) is 16.8 Å². The molecule has 0 spiro atoms. The normalized spacial score (nSPS) is 21.3. The topological polar surface area (TPSA) is 31.5 Å². The first-order chi connectivity index (χ1) is 17.5. The molecule has 1 unspecified atom stereocenters. The molecule has 8 heteroatoms. The molecule has 3 heterocycles. The largest absolute Gasteiger partial charge is 0.492 e. The maximum absolute atomic E-state index is 15.7. The van der Waals surface area contributed by atoms with Crippen molar-refractivity contribution in [3.63, 3.8) is 0 Å². The van der Waals surface area contributed by atoms with E-state index < -0.39 is 23.3 Å². The molecule has 5 rings (SSSR count). The molecule has 2 atom stereocenters. The van der Waals surface area contributed by atoms with E-state index in [4.69, 9.17) is 4.74 Å². The molecule has 0 amide bonds. The summed E-state index contributed by atoms with van der Waals surface area (Å²) < 4.78 is 66.0. The predicted octanol–water partition coefficient (Wildman–Crippen LogP) is 6.39. The van der Waals surface area contributed by atoms with E-state index in [0.717, 1.165) is 31.0 Å². The van der Waals surface area contributed by atoms with Crippen molar-refractivity contribution >= 4 is 10.9 Å². The van der Waals surface area contributed by atoms with E-state index in [1.165, 1.54) is 38.1 Å². The summed E-state index contributed by atoms with van der Waals surface area (Å²) in [6.45, 7) is 10.1. The highest BCUT2D eigenvalue weighted by atomic mass is 19.1. The Kier molecular flexibility index (Phi) is 7.00. The van der Waals surface area contributed by atoms with Crippen LogP contribution in [-0.4, -0.2) is 59.3 Å². The fourth-order valence-corrected chi connectivity index (χ4v) is 5.83. The van der Waals surface area contributed by atoms with Crippen LogP contribution in [0.4, 0.5) is 17.6 Å². The number of H-pyrrole nitrogens is 1. The molecule has 1 aromatic heterocycles. The number of hydrogen-bond acceptors (Lipinski definition) is 3. The van der Waals surface area contributed by atoms with Gasteiger partial charge in [-0.3, -0.25) is 9.80 Å². The number of fused-ring (bicyclic) bond motifs is 3. The van der Waals surface area contributed by atoms with Gasteiger partial charge in [-0.1, -0.05) is 13.3 Å². The van der Waals surface area contributed by atoms with Gasteiger partial charge in [0.25, 0.3) is 0 Å². The Morgan fingerprint density at radius 1 is 1.08 bits per heavy atom. The lowest BCUT2D eigenvalue weighted by Gasteiger charge is -2.43. The van der Waals surface area contributed by atoms with Crippen molar-refractivity contribution in [2.75, 3.05) is 32.8 Å². The number of aromatic amines is 1. The number of ether oxygens (including phenoxy) is 1. The van der Waals surface area contributed by atoms with Gasteiger partial charge >= 0.3 is 0 Å². The second-order valence-corrected chi connectivity index (χ2v) is 11.2. The van der Waals surface area contributed by atoms with E-state index in [-0.39, 0.29) is 29.7 Å². The van der Waals surface area contributed by atoms with Crippen molar-refractivity contribution in [1.29, 1.82) is 0 Å². The standard InChI is InChI=1S/C29H35F4N3O/c1-5-18-14-35(15-18)8-9-37-20-12-23(31)26(24(32)13-20)28-27-22(10-17(2)36(28)16-29(3,4)33)21-11-19(30)6-7-25(21)34-27/h6-7,11-13,17-18,28,34H,5,8-10,14-16H2,1-4H3/t17-,28?/m1/s1. The van der Waals surface area contributed by atoms with E-state index in [9.17, 15) is 8.78 Å². The summed E-state index contributed by atoms with van der Waals surface area (Å²) >= 11 is 0. The van der Waals surface area contributed by atoms with Crippen molar-refractivity contribution < 1.29 is 22.3 Å². The molecule has 0 radical (unpaired) electrons. The number of hydrogen-bond donors (Lipinski definition) is 1.